The van der Waals surface area contributed by atoms with E-state index in [-0.39, 0.29) is 24.6 Å². The van der Waals surface area contributed by atoms with Gasteiger partial charge >= 0.3 is 17.5 Å². The van der Waals surface area contributed by atoms with E-state index in [1.165, 1.54) is 11.6 Å². The third-order valence-electron chi connectivity index (χ3n) is 1.78. The number of rotatable bonds is 4. The van der Waals surface area contributed by atoms with Crippen molar-refractivity contribution in [3.05, 3.63) is 22.1 Å². The number of hydrogen-bond acceptors (Lipinski definition) is 5. The Labute approximate surface area is 90.7 Å². The van der Waals surface area contributed by atoms with Crippen LogP contribution in [0.2, 0.25) is 0 Å². The number of aromatic nitrogens is 2. The minimum Gasteiger partial charge on any atom is -0.358 e. The van der Waals surface area contributed by atoms with Crippen LogP contribution in [-0.2, 0) is 7.05 Å². The van der Waals surface area contributed by atoms with Crippen LogP contribution in [0.15, 0.2) is 6.20 Å². The number of carbonyl (C=O) groups is 1. The summed E-state index contributed by atoms with van der Waals surface area (Å²) in [5.41, 5.74) is 0. The maximum atomic E-state index is 11.4. The van der Waals surface area contributed by atoms with Gasteiger partial charge in [-0.05, 0) is 9.91 Å². The highest BCUT2D eigenvalue weighted by Gasteiger charge is 2.22. The van der Waals surface area contributed by atoms with E-state index >= 15 is 0 Å². The van der Waals surface area contributed by atoms with Crippen LogP contribution in [0.25, 0.3) is 0 Å². The molecule has 8 heteroatoms. The predicted octanol–water partition coefficient (Wildman–Crippen LogP) is -0.0282. The summed E-state index contributed by atoms with van der Waals surface area (Å²) in [4.78, 5) is 24.7. The van der Waals surface area contributed by atoms with Gasteiger partial charge in [-0.15, -0.1) is 0 Å². The molecule has 0 saturated carbocycles. The Hall–Kier alpha value is -2.43. The molecule has 1 aromatic heterocycles. The van der Waals surface area contributed by atoms with Crippen LogP contribution in [-0.4, -0.2) is 26.9 Å². The molecule has 0 aliphatic rings. The van der Waals surface area contributed by atoms with Crippen molar-refractivity contribution in [3.8, 4) is 6.07 Å². The van der Waals surface area contributed by atoms with E-state index in [2.05, 4.69) is 10.3 Å². The minimum absolute atomic E-state index is 0.0513. The first-order chi connectivity index (χ1) is 7.56. The zero-order chi connectivity index (χ0) is 12.1. The van der Waals surface area contributed by atoms with E-state index < -0.39 is 10.8 Å². The third kappa shape index (κ3) is 2.54. The Morgan fingerprint density at radius 3 is 3.00 bits per heavy atom. The fourth-order valence-corrected chi connectivity index (χ4v) is 1.06. The molecule has 0 unspecified atom stereocenters. The van der Waals surface area contributed by atoms with Gasteiger partial charge in [-0.25, -0.2) is 0 Å². The van der Waals surface area contributed by atoms with Gasteiger partial charge < -0.3 is 20.0 Å². The molecule has 0 aromatic carbocycles. The molecule has 0 spiro atoms. The smallest absolute Gasteiger partial charge is 0.358 e. The maximum absolute atomic E-state index is 11.4. The number of aryl methyl sites for hydroxylation is 1. The van der Waals surface area contributed by atoms with Gasteiger partial charge in [-0.3, -0.25) is 4.79 Å². The Kier molecular flexibility index (Phi) is 3.55. The molecule has 0 bridgehead atoms. The normalized spacial score (nSPS) is 9.50. The first kappa shape index (κ1) is 11.6. The van der Waals surface area contributed by atoms with Crippen molar-refractivity contribution in [3.63, 3.8) is 0 Å². The number of amides is 1. The van der Waals surface area contributed by atoms with Crippen molar-refractivity contribution in [1.29, 1.82) is 5.26 Å². The fourth-order valence-electron chi connectivity index (χ4n) is 1.06. The molecule has 0 aliphatic carbocycles. The monoisotopic (exact) mass is 223 g/mol. The number of hydrogen-bond donors (Lipinski definition) is 1. The van der Waals surface area contributed by atoms with Crippen LogP contribution in [0.4, 0.5) is 5.82 Å². The number of nitro groups is 1. The maximum Gasteiger partial charge on any atom is 0.382 e. The van der Waals surface area contributed by atoms with Crippen LogP contribution >= 0.6 is 0 Å². The number of nitriles is 1. The highest BCUT2D eigenvalue weighted by atomic mass is 16.6. The molecule has 16 heavy (non-hydrogen) atoms. The van der Waals surface area contributed by atoms with Gasteiger partial charge in [0.2, 0.25) is 0 Å². The molecule has 0 atom stereocenters. The molecular weight excluding hydrogens is 214 g/mol. The van der Waals surface area contributed by atoms with Gasteiger partial charge in [-0.1, -0.05) is 0 Å². The van der Waals surface area contributed by atoms with Crippen molar-refractivity contribution in [2.24, 2.45) is 7.05 Å². The molecule has 1 N–H and O–H groups in total. The highest BCUT2D eigenvalue weighted by molar-refractivity contribution is 5.91. The van der Waals surface area contributed by atoms with E-state index in [1.54, 1.807) is 0 Å². The van der Waals surface area contributed by atoms with Crippen molar-refractivity contribution in [1.82, 2.24) is 14.9 Å². The third-order valence-corrected chi connectivity index (χ3v) is 1.78. The van der Waals surface area contributed by atoms with Crippen LogP contribution in [0.3, 0.4) is 0 Å². The van der Waals surface area contributed by atoms with Gasteiger partial charge in [0, 0.05) is 13.6 Å². The molecule has 0 fully saturated rings. The minimum atomic E-state index is -0.675. The molecule has 1 amide bonds. The highest BCUT2D eigenvalue weighted by Crippen LogP contribution is 2.09. The average molecular weight is 223 g/mol. The lowest BCUT2D eigenvalue weighted by Gasteiger charge is -1.97. The molecule has 1 aromatic rings. The van der Waals surface area contributed by atoms with E-state index in [0.717, 1.165) is 6.20 Å². The zero-order valence-electron chi connectivity index (χ0n) is 8.51. The topological polar surface area (TPSA) is 114 Å². The van der Waals surface area contributed by atoms with Crippen LogP contribution in [0.5, 0.6) is 0 Å². The van der Waals surface area contributed by atoms with Gasteiger partial charge in [0.25, 0.3) is 0 Å². The second-order valence-corrected chi connectivity index (χ2v) is 2.95. The summed E-state index contributed by atoms with van der Waals surface area (Å²) in [7, 11) is 1.49. The molecule has 0 radical (unpaired) electrons. The largest absolute Gasteiger partial charge is 0.382 e. The summed E-state index contributed by atoms with van der Waals surface area (Å²) in [5.74, 6) is -0.969. The van der Waals surface area contributed by atoms with Crippen LogP contribution in [0, 0.1) is 21.4 Å². The van der Waals surface area contributed by atoms with Crippen molar-refractivity contribution >= 4 is 11.7 Å². The summed E-state index contributed by atoms with van der Waals surface area (Å²) >= 11 is 0. The fraction of sp³-hybridized carbons (Fsp3) is 0.375. The number of nitrogens with zero attached hydrogens (tertiary/aromatic N) is 4. The summed E-state index contributed by atoms with van der Waals surface area (Å²) in [6.07, 6.45) is 1.33. The summed E-state index contributed by atoms with van der Waals surface area (Å²) < 4.78 is 1.26. The van der Waals surface area contributed by atoms with Crippen molar-refractivity contribution in [2.45, 2.75) is 6.42 Å². The summed E-state index contributed by atoms with van der Waals surface area (Å²) in [6.45, 7) is 0.190. The second-order valence-electron chi connectivity index (χ2n) is 2.95. The van der Waals surface area contributed by atoms with Crippen LogP contribution < -0.4 is 5.32 Å². The van der Waals surface area contributed by atoms with Crippen molar-refractivity contribution in [2.75, 3.05) is 6.54 Å². The predicted molar refractivity (Wildman–Crippen MR) is 52.4 cm³/mol. The molecular formula is C8H9N5O3. The van der Waals surface area contributed by atoms with Gasteiger partial charge in [0.15, 0.2) is 0 Å². The lowest BCUT2D eigenvalue weighted by molar-refractivity contribution is -0.389. The SMILES string of the molecule is Cn1cc([N+](=O)[O-])nc1C(=O)NCCC#N. The first-order valence-electron chi connectivity index (χ1n) is 4.39. The van der Waals surface area contributed by atoms with Gasteiger partial charge in [0.1, 0.15) is 6.20 Å². The number of carbonyl (C=O) groups excluding carboxylic acids is 1. The lowest BCUT2D eigenvalue weighted by atomic mass is 10.4. The first-order valence-corrected chi connectivity index (χ1v) is 4.39. The van der Waals surface area contributed by atoms with E-state index in [4.69, 9.17) is 5.26 Å². The molecule has 0 saturated heterocycles. The number of nitrogens with one attached hydrogen (secondary N) is 1. The van der Waals surface area contributed by atoms with E-state index in [9.17, 15) is 14.9 Å². The molecule has 1 rings (SSSR count). The lowest BCUT2D eigenvalue weighted by Crippen LogP contribution is -2.26. The van der Waals surface area contributed by atoms with Gasteiger partial charge in [-0.2, -0.15) is 5.26 Å². The summed E-state index contributed by atoms with van der Waals surface area (Å²) in [6, 6.07) is 1.86. The quantitative estimate of drug-likeness (QED) is 0.437. The van der Waals surface area contributed by atoms with E-state index in [0.29, 0.717) is 0 Å². The molecule has 8 nitrogen and oxygen atoms in total. The Balaban J connectivity index is 2.76. The molecule has 0 aliphatic heterocycles. The zero-order valence-corrected chi connectivity index (χ0v) is 8.51. The van der Waals surface area contributed by atoms with Crippen LogP contribution in [0.1, 0.15) is 17.0 Å². The Morgan fingerprint density at radius 2 is 2.50 bits per heavy atom. The van der Waals surface area contributed by atoms with Crippen molar-refractivity contribution < 1.29 is 9.72 Å². The van der Waals surface area contributed by atoms with E-state index in [1.807, 2.05) is 6.07 Å². The standard InChI is InChI=1S/C8H9N5O3/c1-12-5-6(13(15)16)11-7(12)8(14)10-4-2-3-9/h5H,2,4H2,1H3,(H,10,14). The summed E-state index contributed by atoms with van der Waals surface area (Å²) in [5, 5.41) is 21.1. The van der Waals surface area contributed by atoms with Gasteiger partial charge in [0.05, 0.1) is 12.5 Å². The molecule has 84 valence electrons. The number of imidazole rings is 1. The Bertz CT molecular complexity index is 459. The second kappa shape index (κ2) is 4.88. The molecule has 1 heterocycles. The average Bonchev–Trinajstić information content (AvgIpc) is 2.61. The Morgan fingerprint density at radius 1 is 1.81 bits per heavy atom.